The number of hydrogen-bond acceptors (Lipinski definition) is 1. The topological polar surface area (TPSA) is 22.0 Å². The third-order valence-electron chi connectivity index (χ3n) is 6.20. The second-order valence-corrected chi connectivity index (χ2v) is 8.46. The molecule has 1 heterocycles. The predicted molar refractivity (Wildman–Crippen MR) is 119 cm³/mol. The van der Waals surface area contributed by atoms with Gasteiger partial charge in [0.15, 0.2) is 23.3 Å². The van der Waals surface area contributed by atoms with E-state index in [1.807, 2.05) is 26.0 Å². The first-order valence-electron chi connectivity index (χ1n) is 10.4. The van der Waals surface area contributed by atoms with Crippen molar-refractivity contribution in [2.24, 2.45) is 0 Å². The Labute approximate surface area is 195 Å². The van der Waals surface area contributed by atoms with Crippen LogP contribution >= 0.6 is 0 Å². The van der Waals surface area contributed by atoms with E-state index >= 15 is 0 Å². The summed E-state index contributed by atoms with van der Waals surface area (Å²) in [5.74, 6) is -9.91. The molecule has 1 aromatic heterocycles. The summed E-state index contributed by atoms with van der Waals surface area (Å²) in [4.78, 5) is 13.1. The molecule has 0 aliphatic rings. The molecule has 182 valence electrons. The Morgan fingerprint density at radius 3 is 1.77 bits per heavy atom. The van der Waals surface area contributed by atoms with Crippen LogP contribution in [-0.2, 0) is 6.18 Å². The lowest BCUT2D eigenvalue weighted by molar-refractivity contribution is -0.143. The zero-order valence-corrected chi connectivity index (χ0v) is 19.0. The Morgan fingerprint density at radius 2 is 1.23 bits per heavy atom. The minimum Gasteiger partial charge on any atom is -0.271 e. The highest BCUT2D eigenvalue weighted by atomic mass is 19.4. The molecule has 0 aliphatic heterocycles. The first-order chi connectivity index (χ1) is 16.2. The SMILES string of the molecule is Cc1ccc(-c2cc(=O)n(-c3c(F)c(F)c(C(F)(F)F)c(F)c3F)c3cc(C)c(C)cc23)cc1C. The van der Waals surface area contributed by atoms with Gasteiger partial charge in [-0.25, -0.2) is 17.6 Å². The average molecular weight is 493 g/mol. The van der Waals surface area contributed by atoms with Crippen LogP contribution in [0.5, 0.6) is 0 Å². The van der Waals surface area contributed by atoms with Crippen molar-refractivity contribution in [1.82, 2.24) is 4.57 Å². The fourth-order valence-corrected chi connectivity index (χ4v) is 4.03. The van der Waals surface area contributed by atoms with Crippen LogP contribution in [0.4, 0.5) is 30.7 Å². The number of benzene rings is 3. The molecule has 4 rings (SSSR count). The minimum atomic E-state index is -5.69. The number of fused-ring (bicyclic) bond motifs is 1. The molecule has 2 nitrogen and oxygen atoms in total. The van der Waals surface area contributed by atoms with E-state index in [1.165, 1.54) is 6.07 Å². The number of aryl methyl sites for hydroxylation is 4. The first-order valence-corrected chi connectivity index (χ1v) is 10.4. The van der Waals surface area contributed by atoms with Gasteiger partial charge in [-0.15, -0.1) is 0 Å². The molecule has 0 atom stereocenters. The van der Waals surface area contributed by atoms with E-state index in [-0.39, 0.29) is 5.52 Å². The second-order valence-electron chi connectivity index (χ2n) is 8.46. The van der Waals surface area contributed by atoms with Crippen molar-refractivity contribution >= 4 is 10.9 Å². The van der Waals surface area contributed by atoms with Gasteiger partial charge in [0.05, 0.1) is 5.52 Å². The third-order valence-corrected chi connectivity index (χ3v) is 6.20. The number of alkyl halides is 3. The highest BCUT2D eigenvalue weighted by molar-refractivity contribution is 5.96. The van der Waals surface area contributed by atoms with Gasteiger partial charge >= 0.3 is 6.18 Å². The maximum Gasteiger partial charge on any atom is 0.422 e. The van der Waals surface area contributed by atoms with Gasteiger partial charge in [0, 0.05) is 11.5 Å². The zero-order valence-electron chi connectivity index (χ0n) is 19.0. The molecule has 3 aromatic carbocycles. The summed E-state index contributed by atoms with van der Waals surface area (Å²) in [5, 5.41) is 0.315. The highest BCUT2D eigenvalue weighted by Crippen LogP contribution is 2.39. The van der Waals surface area contributed by atoms with Crippen LogP contribution in [-0.4, -0.2) is 4.57 Å². The van der Waals surface area contributed by atoms with E-state index in [9.17, 15) is 35.5 Å². The molecule has 0 spiro atoms. The molecule has 0 radical (unpaired) electrons. The van der Waals surface area contributed by atoms with E-state index < -0.39 is 46.3 Å². The van der Waals surface area contributed by atoms with Gasteiger partial charge < -0.3 is 0 Å². The average Bonchev–Trinajstić information content (AvgIpc) is 2.76. The van der Waals surface area contributed by atoms with E-state index in [1.54, 1.807) is 26.0 Å². The Kier molecular flexibility index (Phi) is 5.78. The number of aromatic nitrogens is 1. The van der Waals surface area contributed by atoms with Crippen LogP contribution < -0.4 is 5.56 Å². The van der Waals surface area contributed by atoms with Crippen molar-refractivity contribution in [3.05, 3.63) is 97.8 Å². The van der Waals surface area contributed by atoms with E-state index in [4.69, 9.17) is 0 Å². The molecule has 0 fully saturated rings. The summed E-state index contributed by atoms with van der Waals surface area (Å²) >= 11 is 0. The summed E-state index contributed by atoms with van der Waals surface area (Å²) < 4.78 is 98.0. The van der Waals surface area contributed by atoms with Crippen LogP contribution in [0.15, 0.2) is 41.2 Å². The maximum atomic E-state index is 14.9. The molecule has 35 heavy (non-hydrogen) atoms. The quantitative estimate of drug-likeness (QED) is 0.210. The molecule has 0 bridgehead atoms. The monoisotopic (exact) mass is 493 g/mol. The lowest BCUT2D eigenvalue weighted by Crippen LogP contribution is -2.24. The molecule has 9 heteroatoms. The van der Waals surface area contributed by atoms with Crippen LogP contribution in [0.1, 0.15) is 27.8 Å². The molecule has 4 aromatic rings. The van der Waals surface area contributed by atoms with E-state index in [2.05, 4.69) is 0 Å². The molecular weight excluding hydrogens is 475 g/mol. The number of rotatable bonds is 2. The van der Waals surface area contributed by atoms with Crippen molar-refractivity contribution in [3.63, 3.8) is 0 Å². The van der Waals surface area contributed by atoms with Crippen LogP contribution in [0, 0.1) is 51.0 Å². The molecule has 0 saturated carbocycles. The van der Waals surface area contributed by atoms with Crippen molar-refractivity contribution < 1.29 is 30.7 Å². The van der Waals surface area contributed by atoms with Gasteiger partial charge in [-0.2, -0.15) is 13.2 Å². The van der Waals surface area contributed by atoms with Gasteiger partial charge in [-0.05, 0) is 73.2 Å². The van der Waals surface area contributed by atoms with Crippen molar-refractivity contribution in [3.8, 4) is 16.8 Å². The van der Waals surface area contributed by atoms with E-state index in [0.717, 1.165) is 22.8 Å². The number of pyridine rings is 1. The van der Waals surface area contributed by atoms with Crippen LogP contribution in [0.25, 0.3) is 27.7 Å². The van der Waals surface area contributed by atoms with Gasteiger partial charge in [-0.1, -0.05) is 18.2 Å². The predicted octanol–water partition coefficient (Wildman–Crippen LogP) is 7.47. The van der Waals surface area contributed by atoms with Gasteiger partial charge in [0.1, 0.15) is 11.3 Å². The standard InChI is InChI=1S/C26H18F7NO/c1-11-5-6-15(7-12(11)2)16-10-19(35)34(18-9-14(4)13(3)8-17(16)18)25-23(29)21(27)20(26(31,32)33)22(28)24(25)30/h5-10H,1-4H3. The molecule has 0 saturated heterocycles. The lowest BCUT2D eigenvalue weighted by atomic mass is 9.95. The fraction of sp³-hybridized carbons (Fsp3) is 0.192. The Bertz CT molecular complexity index is 1550. The zero-order chi connectivity index (χ0) is 26.0. The molecule has 0 amide bonds. The Balaban J connectivity index is 2.18. The highest BCUT2D eigenvalue weighted by Gasteiger charge is 2.43. The molecule has 0 unspecified atom stereocenters. The Hall–Kier alpha value is -3.62. The van der Waals surface area contributed by atoms with E-state index in [0.29, 0.717) is 26.6 Å². The normalized spacial score (nSPS) is 12.0. The maximum absolute atomic E-state index is 14.9. The smallest absolute Gasteiger partial charge is 0.271 e. The Morgan fingerprint density at radius 1 is 0.686 bits per heavy atom. The summed E-state index contributed by atoms with van der Waals surface area (Å²) in [6.45, 7) is 7.15. The summed E-state index contributed by atoms with van der Waals surface area (Å²) in [6, 6.07) is 9.44. The summed E-state index contributed by atoms with van der Waals surface area (Å²) in [7, 11) is 0. The summed E-state index contributed by atoms with van der Waals surface area (Å²) in [6.07, 6.45) is -5.69. The first kappa shape index (κ1) is 24.5. The summed E-state index contributed by atoms with van der Waals surface area (Å²) in [5.41, 5.74) is -1.24. The van der Waals surface area contributed by atoms with Crippen molar-refractivity contribution in [1.29, 1.82) is 0 Å². The largest absolute Gasteiger partial charge is 0.422 e. The lowest BCUT2D eigenvalue weighted by Gasteiger charge is -2.19. The minimum absolute atomic E-state index is 0.120. The van der Waals surface area contributed by atoms with Gasteiger partial charge in [0.2, 0.25) is 0 Å². The molecular formula is C26H18F7NO. The number of nitrogens with zero attached hydrogens (tertiary/aromatic N) is 1. The number of hydrogen-bond donors (Lipinski definition) is 0. The van der Waals surface area contributed by atoms with Gasteiger partial charge in [-0.3, -0.25) is 9.36 Å². The number of halogens is 7. The fourth-order valence-electron chi connectivity index (χ4n) is 4.03. The second kappa shape index (κ2) is 8.25. The van der Waals surface area contributed by atoms with Gasteiger partial charge in [0.25, 0.3) is 5.56 Å². The van der Waals surface area contributed by atoms with Crippen molar-refractivity contribution in [2.45, 2.75) is 33.9 Å². The molecule has 0 N–H and O–H groups in total. The van der Waals surface area contributed by atoms with Crippen LogP contribution in [0.3, 0.4) is 0 Å². The third kappa shape index (κ3) is 3.88. The molecule has 0 aliphatic carbocycles. The van der Waals surface area contributed by atoms with Crippen LogP contribution in [0.2, 0.25) is 0 Å². The van der Waals surface area contributed by atoms with Crippen molar-refractivity contribution in [2.75, 3.05) is 0 Å².